The Morgan fingerprint density at radius 3 is 2.72 bits per heavy atom. The van der Waals surface area contributed by atoms with Crippen molar-refractivity contribution in [2.75, 3.05) is 0 Å². The van der Waals surface area contributed by atoms with Gasteiger partial charge in [0.05, 0.1) is 11.8 Å². The summed E-state index contributed by atoms with van der Waals surface area (Å²) >= 11 is 0. The van der Waals surface area contributed by atoms with Gasteiger partial charge in [-0.15, -0.1) is 0 Å². The van der Waals surface area contributed by atoms with Gasteiger partial charge in [0, 0.05) is 12.7 Å². The van der Waals surface area contributed by atoms with Gasteiger partial charge < -0.3 is 5.11 Å². The second-order valence-electron chi connectivity index (χ2n) is 6.25. The normalized spacial score (nSPS) is 28.9. The summed E-state index contributed by atoms with van der Waals surface area (Å²) in [6.07, 6.45) is 4.13. The first-order valence-electron chi connectivity index (χ1n) is 7.15. The van der Waals surface area contributed by atoms with Crippen LogP contribution in [0.15, 0.2) is 6.07 Å². The molecule has 1 heterocycles. The van der Waals surface area contributed by atoms with Gasteiger partial charge in [-0.25, -0.2) is 0 Å². The summed E-state index contributed by atoms with van der Waals surface area (Å²) in [5.74, 6) is 1.90. The summed E-state index contributed by atoms with van der Waals surface area (Å²) < 4.78 is 1.96. The highest BCUT2D eigenvalue weighted by Crippen LogP contribution is 2.35. The van der Waals surface area contributed by atoms with Crippen LogP contribution in [-0.2, 0) is 13.5 Å². The van der Waals surface area contributed by atoms with E-state index in [1.807, 2.05) is 18.7 Å². The maximum atomic E-state index is 10.2. The third-order valence-corrected chi connectivity index (χ3v) is 4.50. The van der Waals surface area contributed by atoms with Crippen LogP contribution in [0.1, 0.15) is 44.5 Å². The molecule has 18 heavy (non-hydrogen) atoms. The number of aliphatic hydroxyl groups excluding tert-OH is 1. The number of aryl methyl sites for hydroxylation is 2. The minimum absolute atomic E-state index is 0.129. The highest BCUT2D eigenvalue weighted by atomic mass is 16.3. The van der Waals surface area contributed by atoms with Crippen molar-refractivity contribution in [3.05, 3.63) is 17.5 Å². The molecule has 2 rings (SSSR count). The van der Waals surface area contributed by atoms with Gasteiger partial charge in [0.25, 0.3) is 0 Å². The van der Waals surface area contributed by atoms with Crippen molar-refractivity contribution < 1.29 is 5.11 Å². The minimum atomic E-state index is -0.129. The molecule has 3 heteroatoms. The lowest BCUT2D eigenvalue weighted by Gasteiger charge is -2.35. The van der Waals surface area contributed by atoms with Crippen molar-refractivity contribution in [3.63, 3.8) is 0 Å². The molecule has 1 aliphatic carbocycles. The first kappa shape index (κ1) is 13.6. The van der Waals surface area contributed by atoms with E-state index >= 15 is 0 Å². The smallest absolute Gasteiger partial charge is 0.0596 e. The molecular formula is C15H26N2O. The molecule has 1 N–H and O–H groups in total. The Bertz CT molecular complexity index is 397. The second kappa shape index (κ2) is 5.43. The average Bonchev–Trinajstić information content (AvgIpc) is 2.60. The molecule has 3 nitrogen and oxygen atoms in total. The van der Waals surface area contributed by atoms with Crippen molar-refractivity contribution in [3.8, 4) is 0 Å². The molecule has 0 saturated heterocycles. The maximum absolute atomic E-state index is 10.2. The Labute approximate surface area is 110 Å². The Morgan fingerprint density at radius 1 is 1.44 bits per heavy atom. The zero-order valence-electron chi connectivity index (χ0n) is 12.1. The van der Waals surface area contributed by atoms with Crippen molar-refractivity contribution in [1.29, 1.82) is 0 Å². The van der Waals surface area contributed by atoms with E-state index in [9.17, 15) is 5.11 Å². The molecule has 1 aromatic rings. The maximum Gasteiger partial charge on any atom is 0.0596 e. The Hall–Kier alpha value is -0.830. The van der Waals surface area contributed by atoms with Crippen molar-refractivity contribution in [2.45, 2.75) is 52.6 Å². The molecule has 1 aromatic heterocycles. The van der Waals surface area contributed by atoms with E-state index in [4.69, 9.17) is 0 Å². The van der Waals surface area contributed by atoms with E-state index in [0.29, 0.717) is 5.92 Å². The zero-order valence-corrected chi connectivity index (χ0v) is 12.1. The predicted octanol–water partition coefficient (Wildman–Crippen LogP) is 2.70. The summed E-state index contributed by atoms with van der Waals surface area (Å²) in [6, 6.07) is 2.14. The van der Waals surface area contributed by atoms with Crippen LogP contribution in [0.4, 0.5) is 0 Å². The quantitative estimate of drug-likeness (QED) is 0.895. The highest BCUT2D eigenvalue weighted by molar-refractivity contribution is 5.10. The lowest BCUT2D eigenvalue weighted by molar-refractivity contribution is 0.0370. The standard InChI is InChI=1S/C15H26N2O/c1-10(2)12-5-6-15(18)13(8-12)9-14-7-11(3)16-17(14)4/h7,10,12-13,15,18H,5-6,8-9H2,1-4H3. The van der Waals surface area contributed by atoms with E-state index in [2.05, 4.69) is 25.0 Å². The lowest BCUT2D eigenvalue weighted by Crippen LogP contribution is -2.32. The van der Waals surface area contributed by atoms with Crippen molar-refractivity contribution >= 4 is 0 Å². The van der Waals surface area contributed by atoms with E-state index < -0.39 is 0 Å². The Balaban J connectivity index is 2.04. The summed E-state index contributed by atoms with van der Waals surface area (Å²) in [7, 11) is 2.00. The van der Waals surface area contributed by atoms with E-state index in [1.54, 1.807) is 0 Å². The molecule has 1 saturated carbocycles. The molecule has 3 unspecified atom stereocenters. The molecule has 102 valence electrons. The largest absolute Gasteiger partial charge is 0.393 e. The van der Waals surface area contributed by atoms with Crippen LogP contribution in [0, 0.1) is 24.7 Å². The number of aromatic nitrogens is 2. The molecule has 3 atom stereocenters. The summed E-state index contributed by atoms with van der Waals surface area (Å²) in [5.41, 5.74) is 2.32. The fourth-order valence-corrected chi connectivity index (χ4v) is 3.23. The predicted molar refractivity (Wildman–Crippen MR) is 73.3 cm³/mol. The Morgan fingerprint density at radius 2 is 2.17 bits per heavy atom. The third-order valence-electron chi connectivity index (χ3n) is 4.50. The minimum Gasteiger partial charge on any atom is -0.393 e. The van der Waals surface area contributed by atoms with Gasteiger partial charge in [-0.2, -0.15) is 5.10 Å². The van der Waals surface area contributed by atoms with E-state index in [1.165, 1.54) is 12.1 Å². The van der Waals surface area contributed by atoms with Crippen LogP contribution in [0.3, 0.4) is 0 Å². The van der Waals surface area contributed by atoms with Gasteiger partial charge in [0.1, 0.15) is 0 Å². The summed E-state index contributed by atoms with van der Waals surface area (Å²) in [6.45, 7) is 6.62. The number of aliphatic hydroxyl groups is 1. The van der Waals surface area contributed by atoms with Gasteiger partial charge in [0.15, 0.2) is 0 Å². The zero-order chi connectivity index (χ0) is 13.3. The van der Waals surface area contributed by atoms with Crippen molar-refractivity contribution in [2.24, 2.45) is 24.8 Å². The SMILES string of the molecule is Cc1cc(CC2CC(C(C)C)CCC2O)n(C)n1. The van der Waals surface area contributed by atoms with Gasteiger partial charge in [-0.1, -0.05) is 13.8 Å². The lowest BCUT2D eigenvalue weighted by atomic mass is 9.73. The van der Waals surface area contributed by atoms with Crippen LogP contribution >= 0.6 is 0 Å². The van der Waals surface area contributed by atoms with Crippen LogP contribution in [0.5, 0.6) is 0 Å². The Kier molecular flexibility index (Phi) is 4.10. The molecule has 0 aliphatic heterocycles. The fourth-order valence-electron chi connectivity index (χ4n) is 3.23. The molecule has 0 radical (unpaired) electrons. The van der Waals surface area contributed by atoms with Gasteiger partial charge in [0.2, 0.25) is 0 Å². The fraction of sp³-hybridized carbons (Fsp3) is 0.800. The summed E-state index contributed by atoms with van der Waals surface area (Å²) in [4.78, 5) is 0. The van der Waals surface area contributed by atoms with Gasteiger partial charge >= 0.3 is 0 Å². The topological polar surface area (TPSA) is 38.0 Å². The molecule has 1 aliphatic rings. The van der Waals surface area contributed by atoms with Crippen LogP contribution in [0.25, 0.3) is 0 Å². The van der Waals surface area contributed by atoms with E-state index in [0.717, 1.165) is 36.8 Å². The molecule has 0 spiro atoms. The van der Waals surface area contributed by atoms with Crippen LogP contribution < -0.4 is 0 Å². The molecule has 0 bridgehead atoms. The van der Waals surface area contributed by atoms with Crippen LogP contribution in [-0.4, -0.2) is 21.0 Å². The molecule has 1 fully saturated rings. The number of nitrogens with zero attached hydrogens (tertiary/aromatic N) is 2. The number of hydrogen-bond acceptors (Lipinski definition) is 2. The van der Waals surface area contributed by atoms with Crippen LogP contribution in [0.2, 0.25) is 0 Å². The summed E-state index contributed by atoms with van der Waals surface area (Å²) in [5, 5.41) is 14.6. The van der Waals surface area contributed by atoms with Gasteiger partial charge in [-0.3, -0.25) is 4.68 Å². The molecular weight excluding hydrogens is 224 g/mol. The van der Waals surface area contributed by atoms with Gasteiger partial charge in [-0.05, 0) is 56.4 Å². The molecule has 0 aromatic carbocycles. The van der Waals surface area contributed by atoms with Crippen molar-refractivity contribution in [1.82, 2.24) is 9.78 Å². The first-order chi connectivity index (χ1) is 8.47. The highest BCUT2D eigenvalue weighted by Gasteiger charge is 2.31. The average molecular weight is 250 g/mol. The van der Waals surface area contributed by atoms with E-state index in [-0.39, 0.29) is 6.10 Å². The number of rotatable bonds is 3. The number of hydrogen-bond donors (Lipinski definition) is 1. The third kappa shape index (κ3) is 2.94. The first-order valence-corrected chi connectivity index (χ1v) is 7.15. The second-order valence-corrected chi connectivity index (χ2v) is 6.25. The molecule has 0 amide bonds. The monoisotopic (exact) mass is 250 g/mol.